The van der Waals surface area contributed by atoms with E-state index >= 15 is 38.4 Å². The summed E-state index contributed by atoms with van der Waals surface area (Å²) in [5.74, 6) is -18.8. The van der Waals surface area contributed by atoms with Gasteiger partial charge in [0.05, 0.1) is 37.8 Å². The number of guanidine groups is 1. The van der Waals surface area contributed by atoms with Crippen LogP contribution < -0.4 is 75.7 Å². The monoisotopic (exact) mass is 1910 g/mol. The molecule has 0 radical (unpaired) electrons. The van der Waals surface area contributed by atoms with E-state index in [-0.39, 0.29) is 89.6 Å². The number of primary amides is 2. The first-order valence-corrected chi connectivity index (χ1v) is 46.7. The standard InChI is InChI=1S/C91H127FN24O19S/c1-9-11-24-70-83(128)104-61(23-17-31-98-91(95)96)79(124)111-69(78(123)101-43-75(94)120)46-136-47-76(121)103-65(34-51-27-29-54(92)30-28-51)86(131)112(6)50(5)77(122)107-67(39-74(93)119)88(133)115-32-18-26-71(115)84(129)106-63(37-55-42-97-48-102-55)81(126)108-64(33-49(3)4)89(134)116-44-56(118)38-73(116)85(130)105-62(35-52-40-99-59-21-15-13-19-57(52)59)80(125)110-68(45-117)82(127)109-66(36-53-41-100-60-22-16-14-20-58(53)60)87(132)114(8)72(25-12-10-2)90(135)113(70)7/h13-16,19-22,27-30,40-42,48-50,56,61-73,99-100,117-118H,9-12,17-18,23-26,31-39,43-47H2,1-8H3,(H2,93,119)(H2,94,120)(H,97,102)(H,101,123)(H,103,121)(H,104,128)(H,105,130)(H,106,129)(H,107,122)(H,108,126)(H,109,127)(H,110,125)(H,111,124)(H4,95,96,98)/t50-,56+,61-,62-,63-,64-,65-,66-,67-,68-,69-,70-,71-,72-,73?/m0/s1. The molecule has 136 heavy (non-hydrogen) atoms. The fraction of sp³-hybridized carbons (Fsp3) is 0.527. The van der Waals surface area contributed by atoms with Crippen molar-refractivity contribution in [1.82, 2.24) is 103 Å². The van der Waals surface area contributed by atoms with E-state index in [1.807, 2.05) is 13.8 Å². The van der Waals surface area contributed by atoms with Crippen LogP contribution in [0.5, 0.6) is 0 Å². The summed E-state index contributed by atoms with van der Waals surface area (Å²) in [6.45, 7) is 5.94. The van der Waals surface area contributed by atoms with Gasteiger partial charge in [-0.15, -0.1) is 11.8 Å². The molecule has 3 fully saturated rings. The number of imidazole rings is 1. The molecule has 3 aromatic heterocycles. The van der Waals surface area contributed by atoms with Gasteiger partial charge < -0.3 is 125 Å². The molecule has 0 spiro atoms. The predicted octanol–water partition coefficient (Wildman–Crippen LogP) is -2.50. The summed E-state index contributed by atoms with van der Waals surface area (Å²) in [7, 11) is 3.87. The van der Waals surface area contributed by atoms with Gasteiger partial charge in [-0.25, -0.2) is 9.37 Å². The molecule has 45 heteroatoms. The van der Waals surface area contributed by atoms with Gasteiger partial charge in [0.15, 0.2) is 5.96 Å². The molecule has 23 N–H and O–H groups in total. The largest absolute Gasteiger partial charge is 0.394 e. The first-order chi connectivity index (χ1) is 64.8. The molecule has 3 aromatic carbocycles. The second-order valence-electron chi connectivity index (χ2n) is 34.9. The van der Waals surface area contributed by atoms with Crippen molar-refractivity contribution in [3.05, 3.63) is 126 Å². The Labute approximate surface area is 789 Å². The van der Waals surface area contributed by atoms with E-state index in [4.69, 9.17) is 22.6 Å². The number of hydrogen-bond acceptors (Lipinski definition) is 22. The highest BCUT2D eigenvalue weighted by Gasteiger charge is 2.47. The number of hydrogen-bond donors (Lipinski definition) is 20. The van der Waals surface area contributed by atoms with Crippen LogP contribution in [0.25, 0.3) is 21.8 Å². The van der Waals surface area contributed by atoms with Gasteiger partial charge in [-0.2, -0.15) is 0 Å². The van der Waals surface area contributed by atoms with Crippen LogP contribution in [0.3, 0.4) is 0 Å². The number of unbranched alkanes of at least 4 members (excludes halogenated alkanes) is 2. The van der Waals surface area contributed by atoms with Crippen molar-refractivity contribution in [2.24, 2.45) is 23.1 Å². The molecule has 6 aromatic rings. The van der Waals surface area contributed by atoms with E-state index in [0.717, 1.165) is 48.4 Å². The number of carbonyl (C=O) groups excluding carboxylic acids is 17. The molecule has 3 saturated heterocycles. The number of thioether (sulfide) groups is 1. The van der Waals surface area contributed by atoms with Crippen LogP contribution in [0.15, 0.2) is 97.7 Å². The number of aromatic amines is 3. The molecular weight excluding hydrogens is 1780 g/mol. The van der Waals surface area contributed by atoms with Crippen LogP contribution in [0.4, 0.5) is 4.39 Å². The minimum Gasteiger partial charge on any atom is -0.394 e. The molecule has 6 heterocycles. The lowest BCUT2D eigenvalue weighted by Crippen LogP contribution is -2.62. The van der Waals surface area contributed by atoms with Gasteiger partial charge in [0, 0.05) is 125 Å². The van der Waals surface area contributed by atoms with E-state index in [9.17, 15) is 57.8 Å². The molecule has 17 amide bonds. The van der Waals surface area contributed by atoms with Gasteiger partial charge in [0.2, 0.25) is 100 Å². The molecule has 43 nitrogen and oxygen atoms in total. The number of carbonyl (C=O) groups is 17. The van der Waals surface area contributed by atoms with Crippen molar-refractivity contribution in [2.75, 3.05) is 65.4 Å². The van der Waals surface area contributed by atoms with Crippen molar-refractivity contribution in [3.63, 3.8) is 0 Å². The molecule has 738 valence electrons. The fourth-order valence-corrected chi connectivity index (χ4v) is 17.6. The zero-order valence-corrected chi connectivity index (χ0v) is 78.3. The topological polar surface area (TPSA) is 641 Å². The number of amides is 17. The number of aliphatic hydroxyl groups excluding tert-OH is 2. The highest BCUT2D eigenvalue weighted by Crippen LogP contribution is 2.28. The molecule has 0 bridgehead atoms. The summed E-state index contributed by atoms with van der Waals surface area (Å²) in [6.07, 6.45) is 3.48. The maximum absolute atomic E-state index is 15.8. The lowest BCUT2D eigenvalue weighted by Gasteiger charge is -2.36. The number of nitrogens with zero attached hydrogens (tertiary/aromatic N) is 6. The first-order valence-electron chi connectivity index (χ1n) is 45.5. The third-order valence-electron chi connectivity index (χ3n) is 24.3. The van der Waals surface area contributed by atoms with Crippen LogP contribution in [0.2, 0.25) is 0 Å². The van der Waals surface area contributed by atoms with Crippen LogP contribution in [-0.4, -0.2) is 317 Å². The Balaban J connectivity index is 1.10. The summed E-state index contributed by atoms with van der Waals surface area (Å²) in [5.41, 5.74) is 19.6. The van der Waals surface area contributed by atoms with Crippen LogP contribution >= 0.6 is 11.8 Å². The first kappa shape index (κ1) is 106. The van der Waals surface area contributed by atoms with Gasteiger partial charge in [0.25, 0.3) is 0 Å². The van der Waals surface area contributed by atoms with Crippen LogP contribution in [0.1, 0.15) is 140 Å². The number of aromatic nitrogens is 4. The number of nitrogens with two attached hydrogens (primary N) is 3. The summed E-state index contributed by atoms with van der Waals surface area (Å²) in [5, 5.41) is 60.8. The van der Waals surface area contributed by atoms with Crippen molar-refractivity contribution in [3.8, 4) is 0 Å². The zero-order valence-electron chi connectivity index (χ0n) is 77.5. The fourth-order valence-electron chi connectivity index (χ4n) is 16.8. The Morgan fingerprint density at radius 3 is 1.69 bits per heavy atom. The minimum absolute atomic E-state index is 0.0169. The number of nitrogens with one attached hydrogen (secondary N) is 15. The number of rotatable bonds is 26. The number of halogens is 1. The number of likely N-dealkylation sites (N-methyl/N-ethyl adjacent to an activating group) is 3. The SMILES string of the molecule is CCCC[C@H]1C(=O)N(C)[C@@H](CCCC)C(=O)N[C@@H](CCCNC(=N)N)C(=O)N[C@H](C(=O)NCC(N)=O)CSCC(=O)N[C@@H](Cc2ccc(F)cc2)C(=O)N(C)[C@@H](C)C(=O)N[C@@H](CC(N)=O)C(=O)N2CCC[C@H]2C(=O)N[C@@H](Cc2cnc[nH]2)C(=O)N[C@@H](CC(C)C)C(=O)N2C[C@H](O)CC2C(=O)N[C@@H](Cc2c[nH]c3ccccc23)C(=O)N[C@@H](CO)C(=O)N[C@@H](Cc2c[nH]c3ccccc23)C(=O)N1C. The van der Waals surface area contributed by atoms with E-state index in [2.05, 4.69) is 78.4 Å². The summed E-state index contributed by atoms with van der Waals surface area (Å²) in [6, 6.07) is -3.13. The average molecular weight is 1910 g/mol. The second kappa shape index (κ2) is 50.7. The van der Waals surface area contributed by atoms with E-state index in [0.29, 0.717) is 69.9 Å². The summed E-state index contributed by atoms with van der Waals surface area (Å²) >= 11 is 0.743. The molecule has 3 aliphatic rings. The maximum atomic E-state index is 15.8. The number of benzene rings is 3. The van der Waals surface area contributed by atoms with Gasteiger partial charge in [-0.3, -0.25) is 86.9 Å². The highest BCUT2D eigenvalue weighted by molar-refractivity contribution is 8.00. The third kappa shape index (κ3) is 29.5. The van der Waals surface area contributed by atoms with E-state index in [1.54, 1.807) is 74.8 Å². The number of aliphatic hydroxyl groups is 2. The van der Waals surface area contributed by atoms with E-state index < -0.39 is 247 Å². The van der Waals surface area contributed by atoms with Crippen molar-refractivity contribution < 1.29 is 96.1 Å². The molecule has 9 rings (SSSR count). The third-order valence-corrected chi connectivity index (χ3v) is 25.3. The van der Waals surface area contributed by atoms with Crippen molar-refractivity contribution >= 4 is 140 Å². The lowest BCUT2D eigenvalue weighted by molar-refractivity contribution is -0.149. The molecule has 1 unspecified atom stereocenters. The highest BCUT2D eigenvalue weighted by atomic mass is 32.2. The minimum atomic E-state index is -1.90. The zero-order chi connectivity index (χ0) is 99.3. The van der Waals surface area contributed by atoms with Crippen molar-refractivity contribution in [1.29, 1.82) is 5.41 Å². The number of H-pyrrole nitrogens is 3. The summed E-state index contributed by atoms with van der Waals surface area (Å²) < 4.78 is 14.4. The van der Waals surface area contributed by atoms with Crippen molar-refractivity contribution in [2.45, 2.75) is 234 Å². The molecule has 3 aliphatic heterocycles. The van der Waals surface area contributed by atoms with Gasteiger partial charge in [-0.1, -0.05) is 102 Å². The second-order valence-corrected chi connectivity index (χ2v) is 36.0. The Kier molecular flexibility index (Phi) is 39.5. The van der Waals surface area contributed by atoms with Crippen LogP contribution in [0, 0.1) is 17.1 Å². The predicted molar refractivity (Wildman–Crippen MR) is 498 cm³/mol. The molecule has 0 aliphatic carbocycles. The molecule has 15 atom stereocenters. The van der Waals surface area contributed by atoms with Crippen LogP contribution in [-0.2, 0) is 107 Å². The van der Waals surface area contributed by atoms with Gasteiger partial charge in [0.1, 0.15) is 90.4 Å². The smallest absolute Gasteiger partial charge is 0.246 e. The molecule has 0 saturated carbocycles. The normalized spacial score (nSPS) is 24.7. The Bertz CT molecular complexity index is 5250. The molecular formula is C91H127FN24O19S. The quantitative estimate of drug-likeness (QED) is 0.0152. The summed E-state index contributed by atoms with van der Waals surface area (Å²) in [4.78, 5) is 269. The Morgan fingerprint density at radius 1 is 0.559 bits per heavy atom. The van der Waals surface area contributed by atoms with Gasteiger partial charge in [-0.05, 0) is 98.7 Å². The van der Waals surface area contributed by atoms with Gasteiger partial charge >= 0.3 is 0 Å². The Hall–Kier alpha value is -13.6. The Morgan fingerprint density at radius 2 is 1.10 bits per heavy atom. The van der Waals surface area contributed by atoms with E-state index in [1.165, 1.54) is 52.7 Å². The number of fused-ring (bicyclic) bond motifs is 4. The maximum Gasteiger partial charge on any atom is 0.246 e. The average Bonchev–Trinajstić information content (AvgIpc) is 1.53. The number of para-hydroxylation sites is 2. The lowest BCUT2D eigenvalue weighted by atomic mass is 10.00.